The normalized spacial score (nSPS) is 13.2. The van der Waals surface area contributed by atoms with Gasteiger partial charge in [0, 0.05) is 17.7 Å². The van der Waals surface area contributed by atoms with Crippen LogP contribution in [0.1, 0.15) is 5.56 Å². The van der Waals surface area contributed by atoms with Crippen molar-refractivity contribution in [2.45, 2.75) is 6.42 Å². The summed E-state index contributed by atoms with van der Waals surface area (Å²) in [6.07, 6.45) is 2.46. The molecule has 0 fully saturated rings. The maximum atomic E-state index is 11.6. The Morgan fingerprint density at radius 3 is 3.40 bits per heavy atom. The van der Waals surface area contributed by atoms with E-state index in [1.807, 2.05) is 12.1 Å². The average molecular weight is 203 g/mol. The zero-order valence-electron chi connectivity index (χ0n) is 8.00. The van der Waals surface area contributed by atoms with E-state index in [1.54, 1.807) is 11.1 Å². The van der Waals surface area contributed by atoms with Gasteiger partial charge in [0.15, 0.2) is 0 Å². The molecule has 0 bridgehead atoms. The second-order valence-corrected chi connectivity index (χ2v) is 3.17. The monoisotopic (exact) mass is 203 g/mol. The molecule has 0 unspecified atom stereocenters. The van der Waals surface area contributed by atoms with E-state index in [0.29, 0.717) is 12.4 Å². The molecule has 6 nitrogen and oxygen atoms in total. The summed E-state index contributed by atoms with van der Waals surface area (Å²) in [5.41, 5.74) is 9.19. The summed E-state index contributed by atoms with van der Waals surface area (Å²) in [6, 6.07) is 3.80. The summed E-state index contributed by atoms with van der Waals surface area (Å²) in [5, 5.41) is 3.25. The molecule has 2 rings (SSSR count). The van der Waals surface area contributed by atoms with E-state index in [9.17, 15) is 4.79 Å². The first-order valence-corrected chi connectivity index (χ1v) is 4.58. The van der Waals surface area contributed by atoms with E-state index in [4.69, 9.17) is 5.53 Å². The van der Waals surface area contributed by atoms with Gasteiger partial charge in [0.25, 0.3) is 0 Å². The number of fused-ring (bicyclic) bond motifs is 1. The van der Waals surface area contributed by atoms with Crippen molar-refractivity contribution < 1.29 is 4.79 Å². The predicted molar refractivity (Wildman–Crippen MR) is 54.3 cm³/mol. The highest BCUT2D eigenvalue weighted by Crippen LogP contribution is 2.24. The van der Waals surface area contributed by atoms with Crippen LogP contribution in [-0.2, 0) is 11.2 Å². The number of carbonyl (C=O) groups is 1. The van der Waals surface area contributed by atoms with Crippen LogP contribution in [0.25, 0.3) is 10.4 Å². The standard InChI is InChI=1S/C9H9N5O/c10-13-12-6-8(15)14-5-3-7-2-1-4-11-9(7)14/h1-2,4H,3,5-6H2. The summed E-state index contributed by atoms with van der Waals surface area (Å²) in [5.74, 6) is 0.487. The Kier molecular flexibility index (Phi) is 2.51. The number of anilines is 1. The predicted octanol–water partition coefficient (Wildman–Crippen LogP) is 1.28. The minimum Gasteiger partial charge on any atom is -0.296 e. The molecule has 1 aliphatic heterocycles. The van der Waals surface area contributed by atoms with Crippen molar-refractivity contribution in [1.82, 2.24) is 4.98 Å². The van der Waals surface area contributed by atoms with Gasteiger partial charge >= 0.3 is 0 Å². The first-order valence-electron chi connectivity index (χ1n) is 4.58. The molecule has 2 heterocycles. The summed E-state index contributed by atoms with van der Waals surface area (Å²) in [4.78, 5) is 19.8. The van der Waals surface area contributed by atoms with Crippen molar-refractivity contribution >= 4 is 11.7 Å². The molecule has 1 aromatic rings. The highest BCUT2D eigenvalue weighted by molar-refractivity contribution is 5.95. The van der Waals surface area contributed by atoms with E-state index < -0.39 is 0 Å². The second kappa shape index (κ2) is 3.98. The van der Waals surface area contributed by atoms with Gasteiger partial charge in [-0.1, -0.05) is 11.2 Å². The van der Waals surface area contributed by atoms with Gasteiger partial charge in [0.05, 0.1) is 0 Å². The van der Waals surface area contributed by atoms with Crippen molar-refractivity contribution in [2.75, 3.05) is 18.0 Å². The minimum atomic E-state index is -0.203. The van der Waals surface area contributed by atoms with E-state index in [1.165, 1.54) is 0 Å². The van der Waals surface area contributed by atoms with Gasteiger partial charge in [-0.2, -0.15) is 0 Å². The lowest BCUT2D eigenvalue weighted by Gasteiger charge is -2.14. The van der Waals surface area contributed by atoms with Gasteiger partial charge in [-0.3, -0.25) is 9.69 Å². The third-order valence-corrected chi connectivity index (χ3v) is 2.30. The highest BCUT2D eigenvalue weighted by Gasteiger charge is 2.24. The fourth-order valence-corrected chi connectivity index (χ4v) is 1.63. The molecule has 76 valence electrons. The zero-order chi connectivity index (χ0) is 10.7. The quantitative estimate of drug-likeness (QED) is 0.412. The number of hydrogen-bond acceptors (Lipinski definition) is 3. The van der Waals surface area contributed by atoms with E-state index >= 15 is 0 Å². The van der Waals surface area contributed by atoms with Crippen LogP contribution in [0.5, 0.6) is 0 Å². The van der Waals surface area contributed by atoms with Crippen molar-refractivity contribution in [3.05, 3.63) is 34.3 Å². The molecule has 0 saturated heterocycles. The minimum absolute atomic E-state index is 0.146. The van der Waals surface area contributed by atoms with Crippen molar-refractivity contribution in [1.29, 1.82) is 0 Å². The number of azide groups is 1. The number of pyridine rings is 1. The smallest absolute Gasteiger partial charge is 0.234 e. The Labute approximate surface area is 86.2 Å². The summed E-state index contributed by atoms with van der Waals surface area (Å²) < 4.78 is 0. The molecular formula is C9H9N5O. The van der Waals surface area contributed by atoms with Gasteiger partial charge in [-0.25, -0.2) is 4.98 Å². The van der Waals surface area contributed by atoms with Crippen LogP contribution in [0.4, 0.5) is 5.82 Å². The number of nitrogens with zero attached hydrogens (tertiary/aromatic N) is 5. The largest absolute Gasteiger partial charge is 0.296 e. The van der Waals surface area contributed by atoms with E-state index in [2.05, 4.69) is 15.0 Å². The summed E-state index contributed by atoms with van der Waals surface area (Å²) in [7, 11) is 0. The van der Waals surface area contributed by atoms with Crippen LogP contribution in [-0.4, -0.2) is 24.0 Å². The number of aromatic nitrogens is 1. The van der Waals surface area contributed by atoms with Gasteiger partial charge in [0.2, 0.25) is 5.91 Å². The molecule has 1 amide bonds. The summed E-state index contributed by atoms with van der Waals surface area (Å²) >= 11 is 0. The lowest BCUT2D eigenvalue weighted by atomic mass is 10.2. The number of rotatable bonds is 2. The molecule has 0 saturated carbocycles. The zero-order valence-corrected chi connectivity index (χ0v) is 8.00. The Balaban J connectivity index is 2.20. The lowest BCUT2D eigenvalue weighted by Crippen LogP contribution is -2.31. The van der Waals surface area contributed by atoms with Gasteiger partial charge in [0.1, 0.15) is 12.4 Å². The Bertz CT molecular complexity index is 438. The summed E-state index contributed by atoms with van der Waals surface area (Å²) in [6.45, 7) is 0.471. The third-order valence-electron chi connectivity index (χ3n) is 2.30. The van der Waals surface area contributed by atoms with Crippen molar-refractivity contribution in [3.8, 4) is 0 Å². The van der Waals surface area contributed by atoms with Crippen LogP contribution in [0.2, 0.25) is 0 Å². The van der Waals surface area contributed by atoms with Gasteiger partial charge in [-0.05, 0) is 23.6 Å². The SMILES string of the molecule is [N-]=[N+]=NCC(=O)N1CCc2cccnc21. The Hall–Kier alpha value is -2.07. The Morgan fingerprint density at radius 1 is 1.73 bits per heavy atom. The molecule has 0 N–H and O–H groups in total. The maximum absolute atomic E-state index is 11.6. The topological polar surface area (TPSA) is 82.0 Å². The second-order valence-electron chi connectivity index (χ2n) is 3.17. The fourth-order valence-electron chi connectivity index (χ4n) is 1.63. The molecule has 0 aliphatic carbocycles. The van der Waals surface area contributed by atoms with E-state index in [-0.39, 0.29) is 12.5 Å². The molecule has 0 radical (unpaired) electrons. The van der Waals surface area contributed by atoms with Crippen LogP contribution in [0.3, 0.4) is 0 Å². The molecule has 0 aromatic carbocycles. The van der Waals surface area contributed by atoms with Crippen molar-refractivity contribution in [2.24, 2.45) is 5.11 Å². The van der Waals surface area contributed by atoms with E-state index in [0.717, 1.165) is 12.0 Å². The lowest BCUT2D eigenvalue weighted by molar-refractivity contribution is -0.117. The van der Waals surface area contributed by atoms with Crippen LogP contribution >= 0.6 is 0 Å². The van der Waals surface area contributed by atoms with Gasteiger partial charge in [-0.15, -0.1) is 0 Å². The molecule has 1 aliphatic rings. The highest BCUT2D eigenvalue weighted by atomic mass is 16.2. The number of amides is 1. The maximum Gasteiger partial charge on any atom is 0.234 e. The fraction of sp³-hybridized carbons (Fsp3) is 0.333. The molecular weight excluding hydrogens is 194 g/mol. The molecule has 0 atom stereocenters. The van der Waals surface area contributed by atoms with Crippen LogP contribution < -0.4 is 4.90 Å². The Morgan fingerprint density at radius 2 is 2.60 bits per heavy atom. The van der Waals surface area contributed by atoms with Gasteiger partial charge < -0.3 is 0 Å². The third kappa shape index (κ3) is 1.75. The molecule has 15 heavy (non-hydrogen) atoms. The number of hydrogen-bond donors (Lipinski definition) is 0. The van der Waals surface area contributed by atoms with Crippen LogP contribution in [0, 0.1) is 0 Å². The average Bonchev–Trinajstić information content (AvgIpc) is 2.69. The first kappa shape index (κ1) is 9.48. The molecule has 0 spiro atoms. The number of carbonyl (C=O) groups excluding carboxylic acids is 1. The first-order chi connectivity index (χ1) is 7.33. The molecule has 1 aromatic heterocycles. The van der Waals surface area contributed by atoms with Crippen molar-refractivity contribution in [3.63, 3.8) is 0 Å². The van der Waals surface area contributed by atoms with Crippen LogP contribution in [0.15, 0.2) is 23.4 Å². The molecule has 6 heteroatoms.